The molecular weight excluding hydrogens is 548 g/mol. The number of anilines is 1. The summed E-state index contributed by atoms with van der Waals surface area (Å²) in [5.41, 5.74) is 3.27. The van der Waals surface area contributed by atoms with Crippen molar-refractivity contribution in [1.29, 1.82) is 5.26 Å². The Morgan fingerprint density at radius 2 is 1.60 bits per heavy atom. The van der Waals surface area contributed by atoms with Crippen LogP contribution in [0.5, 0.6) is 0 Å². The van der Waals surface area contributed by atoms with Gasteiger partial charge in [0, 0.05) is 6.61 Å². The molecule has 0 spiro atoms. The first-order chi connectivity index (χ1) is 20.4. The number of hydrogen-bond acceptors (Lipinski definition) is 6. The van der Waals surface area contributed by atoms with Crippen molar-refractivity contribution >= 4 is 21.7 Å². The number of benzene rings is 3. The number of allylic oxidation sites excluding steroid dienone is 2. The molecule has 0 fully saturated rings. The van der Waals surface area contributed by atoms with Crippen LogP contribution in [-0.4, -0.2) is 34.1 Å². The number of sulfonamides is 1. The van der Waals surface area contributed by atoms with Gasteiger partial charge in [-0.15, -0.1) is 0 Å². The highest BCUT2D eigenvalue weighted by molar-refractivity contribution is 7.92. The van der Waals surface area contributed by atoms with Gasteiger partial charge < -0.3 is 9.47 Å². The second-order valence-electron chi connectivity index (χ2n) is 9.67. The molecule has 42 heavy (non-hydrogen) atoms. The van der Waals surface area contributed by atoms with Crippen molar-refractivity contribution in [2.45, 2.75) is 51.0 Å². The maximum Gasteiger partial charge on any atom is 0.348 e. The number of carbonyl (C=O) groups is 1. The minimum Gasteiger partial charge on any atom is -0.462 e. The standard InChI is InChI=1S/C34H38N2O5S/c1-3-41-34(37)33(26-35)30(17-11-13-25-40-27-29-14-6-4-7-15-29)16-10-12-24-36(31-18-8-5-9-19-31)42(38,39)32-22-20-28(2)21-23-32/h4-10,12,14-15,18-23H,3,11,13,16-17,24-25,27H2,1-2H3/b12-10+,33-30-. The number of rotatable bonds is 16. The molecule has 0 radical (unpaired) electrons. The molecule has 0 unspecified atom stereocenters. The molecule has 0 amide bonds. The summed E-state index contributed by atoms with van der Waals surface area (Å²) in [4.78, 5) is 12.7. The molecule has 0 aliphatic rings. The molecule has 0 bridgehead atoms. The highest BCUT2D eigenvalue weighted by Gasteiger charge is 2.24. The number of para-hydroxylation sites is 1. The number of unbranched alkanes of at least 4 members (excludes halogenated alkanes) is 1. The minimum absolute atomic E-state index is 0.00102. The molecular formula is C34H38N2O5S. The first kappa shape index (κ1) is 32.3. The summed E-state index contributed by atoms with van der Waals surface area (Å²) in [6, 6.07) is 27.6. The summed E-state index contributed by atoms with van der Waals surface area (Å²) in [5.74, 6) is -0.642. The number of aryl methyl sites for hydroxylation is 1. The van der Waals surface area contributed by atoms with Crippen LogP contribution in [-0.2, 0) is 30.9 Å². The Balaban J connectivity index is 1.70. The maximum absolute atomic E-state index is 13.6. The van der Waals surface area contributed by atoms with Gasteiger partial charge >= 0.3 is 5.97 Å². The fourth-order valence-electron chi connectivity index (χ4n) is 4.28. The molecule has 0 heterocycles. The van der Waals surface area contributed by atoms with Crippen molar-refractivity contribution in [3.63, 3.8) is 0 Å². The molecule has 0 atom stereocenters. The van der Waals surface area contributed by atoms with Gasteiger partial charge in [-0.1, -0.05) is 78.4 Å². The topological polar surface area (TPSA) is 96.7 Å². The lowest BCUT2D eigenvalue weighted by atomic mass is 9.99. The molecule has 0 aliphatic carbocycles. The minimum atomic E-state index is -3.83. The fraction of sp³-hybridized carbons (Fsp3) is 0.294. The zero-order valence-electron chi connectivity index (χ0n) is 24.2. The van der Waals surface area contributed by atoms with Crippen molar-refractivity contribution in [1.82, 2.24) is 0 Å². The molecule has 0 aliphatic heterocycles. The Morgan fingerprint density at radius 1 is 0.929 bits per heavy atom. The van der Waals surface area contributed by atoms with E-state index < -0.39 is 16.0 Å². The number of hydrogen-bond donors (Lipinski definition) is 0. The molecule has 7 nitrogen and oxygen atoms in total. The second-order valence-corrected chi connectivity index (χ2v) is 11.5. The number of ether oxygens (including phenoxy) is 2. The lowest BCUT2D eigenvalue weighted by Gasteiger charge is -2.23. The number of nitrogens with zero attached hydrogens (tertiary/aromatic N) is 2. The van der Waals surface area contributed by atoms with E-state index in [4.69, 9.17) is 9.47 Å². The normalized spacial score (nSPS) is 12.0. The Kier molecular flexibility index (Phi) is 13.0. The fourth-order valence-corrected chi connectivity index (χ4v) is 5.69. The largest absolute Gasteiger partial charge is 0.462 e. The van der Waals surface area contributed by atoms with E-state index in [1.54, 1.807) is 67.6 Å². The monoisotopic (exact) mass is 586 g/mol. The van der Waals surface area contributed by atoms with Crippen LogP contribution < -0.4 is 4.31 Å². The van der Waals surface area contributed by atoms with E-state index in [0.717, 1.165) is 24.0 Å². The molecule has 3 rings (SSSR count). The first-order valence-corrected chi connectivity index (χ1v) is 15.5. The van der Waals surface area contributed by atoms with E-state index in [-0.39, 0.29) is 23.6 Å². The van der Waals surface area contributed by atoms with E-state index in [1.807, 2.05) is 49.4 Å². The van der Waals surface area contributed by atoms with E-state index in [1.165, 1.54) is 4.31 Å². The molecule has 3 aromatic carbocycles. The summed E-state index contributed by atoms with van der Waals surface area (Å²) in [5, 5.41) is 9.76. The van der Waals surface area contributed by atoms with Gasteiger partial charge in [0.25, 0.3) is 10.0 Å². The third kappa shape index (κ3) is 9.72. The van der Waals surface area contributed by atoms with E-state index >= 15 is 0 Å². The molecule has 0 saturated heterocycles. The molecule has 8 heteroatoms. The average Bonchev–Trinajstić information content (AvgIpc) is 3.00. The zero-order valence-corrected chi connectivity index (χ0v) is 25.1. The summed E-state index contributed by atoms with van der Waals surface area (Å²) in [7, 11) is -3.83. The number of esters is 1. The quantitative estimate of drug-likeness (QED) is 0.0595. The Bertz CT molecular complexity index is 1480. The average molecular weight is 587 g/mol. The van der Waals surface area contributed by atoms with Crippen LogP contribution in [0.15, 0.2) is 113 Å². The zero-order chi connectivity index (χ0) is 30.2. The van der Waals surface area contributed by atoms with E-state index in [2.05, 4.69) is 0 Å². The Morgan fingerprint density at radius 3 is 2.24 bits per heavy atom. The van der Waals surface area contributed by atoms with Gasteiger partial charge in [0.05, 0.1) is 30.3 Å². The Hall–Kier alpha value is -4.19. The molecule has 0 N–H and O–H groups in total. The number of carbonyl (C=O) groups excluding carboxylic acids is 1. The van der Waals surface area contributed by atoms with Crippen LogP contribution in [0.1, 0.15) is 43.7 Å². The van der Waals surface area contributed by atoms with Crippen LogP contribution in [0, 0.1) is 18.3 Å². The first-order valence-electron chi connectivity index (χ1n) is 14.1. The van der Waals surface area contributed by atoms with Crippen molar-refractivity contribution in [2.24, 2.45) is 0 Å². The van der Waals surface area contributed by atoms with Crippen molar-refractivity contribution < 1.29 is 22.7 Å². The van der Waals surface area contributed by atoms with Crippen LogP contribution in [0.3, 0.4) is 0 Å². The maximum atomic E-state index is 13.6. The van der Waals surface area contributed by atoms with Gasteiger partial charge in [0.2, 0.25) is 0 Å². The van der Waals surface area contributed by atoms with Crippen molar-refractivity contribution in [2.75, 3.05) is 24.1 Å². The van der Waals surface area contributed by atoms with Gasteiger partial charge in [0.15, 0.2) is 0 Å². The highest BCUT2D eigenvalue weighted by Crippen LogP contribution is 2.24. The lowest BCUT2D eigenvalue weighted by molar-refractivity contribution is -0.138. The second kappa shape index (κ2) is 16.9. The van der Waals surface area contributed by atoms with Gasteiger partial charge in [-0.3, -0.25) is 4.31 Å². The summed E-state index contributed by atoms with van der Waals surface area (Å²) < 4.78 is 39.4. The van der Waals surface area contributed by atoms with Gasteiger partial charge in [-0.25, -0.2) is 13.2 Å². The summed E-state index contributed by atoms with van der Waals surface area (Å²) in [6.45, 7) is 4.95. The van der Waals surface area contributed by atoms with E-state index in [0.29, 0.717) is 37.3 Å². The third-order valence-corrected chi connectivity index (χ3v) is 8.34. The lowest BCUT2D eigenvalue weighted by Crippen LogP contribution is -2.31. The van der Waals surface area contributed by atoms with Crippen molar-refractivity contribution in [3.8, 4) is 6.07 Å². The summed E-state index contributed by atoms with van der Waals surface area (Å²) >= 11 is 0. The van der Waals surface area contributed by atoms with Crippen LogP contribution in [0.25, 0.3) is 0 Å². The SMILES string of the molecule is CCOC(=O)/C(C#N)=C(/C/C=C/CN(c1ccccc1)S(=O)(=O)c1ccc(C)cc1)CCCCOCc1ccccc1. The van der Waals surface area contributed by atoms with Gasteiger partial charge in [-0.05, 0) is 74.9 Å². The third-order valence-electron chi connectivity index (χ3n) is 6.53. The van der Waals surface area contributed by atoms with Gasteiger partial charge in [-0.2, -0.15) is 5.26 Å². The van der Waals surface area contributed by atoms with Gasteiger partial charge in [0.1, 0.15) is 11.6 Å². The molecule has 0 saturated carbocycles. The predicted octanol–water partition coefficient (Wildman–Crippen LogP) is 6.91. The van der Waals surface area contributed by atoms with Crippen LogP contribution in [0.4, 0.5) is 5.69 Å². The molecule has 220 valence electrons. The number of nitriles is 1. The van der Waals surface area contributed by atoms with Crippen LogP contribution >= 0.6 is 0 Å². The molecule has 3 aromatic rings. The summed E-state index contributed by atoms with van der Waals surface area (Å²) in [6.07, 6.45) is 5.88. The molecule has 0 aromatic heterocycles. The highest BCUT2D eigenvalue weighted by atomic mass is 32.2. The Labute approximate surface area is 249 Å². The predicted molar refractivity (Wildman–Crippen MR) is 165 cm³/mol. The van der Waals surface area contributed by atoms with E-state index in [9.17, 15) is 18.5 Å². The van der Waals surface area contributed by atoms with Crippen molar-refractivity contribution in [3.05, 3.63) is 119 Å². The smallest absolute Gasteiger partial charge is 0.348 e. The van der Waals surface area contributed by atoms with Crippen LogP contribution in [0.2, 0.25) is 0 Å².